The summed E-state index contributed by atoms with van der Waals surface area (Å²) < 4.78 is 5.39. The number of piperazine rings is 1. The summed E-state index contributed by atoms with van der Waals surface area (Å²) in [5, 5.41) is 14.5. The van der Waals surface area contributed by atoms with Gasteiger partial charge in [0, 0.05) is 43.2 Å². The van der Waals surface area contributed by atoms with E-state index in [0.29, 0.717) is 49.2 Å². The summed E-state index contributed by atoms with van der Waals surface area (Å²) in [6.45, 7) is 3.39. The maximum absolute atomic E-state index is 12.5. The first-order chi connectivity index (χ1) is 14.6. The summed E-state index contributed by atoms with van der Waals surface area (Å²) in [6, 6.07) is 14.4. The van der Waals surface area contributed by atoms with Crippen LogP contribution in [-0.4, -0.2) is 57.1 Å². The van der Waals surface area contributed by atoms with Crippen molar-refractivity contribution in [2.45, 2.75) is 19.4 Å². The van der Waals surface area contributed by atoms with E-state index >= 15 is 0 Å². The van der Waals surface area contributed by atoms with E-state index in [1.54, 1.807) is 24.3 Å². The molecule has 0 radical (unpaired) electrons. The average Bonchev–Trinajstić information content (AvgIpc) is 3.22. The number of phenols is 1. The zero-order valence-electron chi connectivity index (χ0n) is 16.5. The summed E-state index contributed by atoms with van der Waals surface area (Å²) in [6.07, 6.45) is 0.937. The largest absolute Gasteiger partial charge is 0.508 e. The summed E-state index contributed by atoms with van der Waals surface area (Å²) in [5.74, 6) is 1.45. The predicted molar refractivity (Wildman–Crippen MR) is 113 cm³/mol. The zero-order chi connectivity index (χ0) is 20.9. The highest BCUT2D eigenvalue weighted by atomic mass is 35.5. The van der Waals surface area contributed by atoms with Gasteiger partial charge in [-0.3, -0.25) is 9.69 Å². The third-order valence-electron chi connectivity index (χ3n) is 5.25. The number of rotatable bonds is 6. The monoisotopic (exact) mass is 426 g/mol. The van der Waals surface area contributed by atoms with E-state index in [-0.39, 0.29) is 11.7 Å². The van der Waals surface area contributed by atoms with E-state index < -0.39 is 0 Å². The minimum absolute atomic E-state index is 0.112. The molecule has 1 N–H and O–H groups in total. The smallest absolute Gasteiger partial charge is 0.241 e. The minimum atomic E-state index is 0.112. The number of phenolic OH excluding ortho intramolecular Hbond substituents is 1. The van der Waals surface area contributed by atoms with Gasteiger partial charge < -0.3 is 14.5 Å². The van der Waals surface area contributed by atoms with Gasteiger partial charge in [-0.1, -0.05) is 35.0 Å². The summed E-state index contributed by atoms with van der Waals surface area (Å²) in [4.78, 5) is 21.0. The van der Waals surface area contributed by atoms with Crippen LogP contribution in [0.2, 0.25) is 5.02 Å². The van der Waals surface area contributed by atoms with Crippen LogP contribution in [0.15, 0.2) is 53.1 Å². The van der Waals surface area contributed by atoms with Gasteiger partial charge in [-0.15, -0.1) is 0 Å². The fraction of sp³-hybridized carbons (Fsp3) is 0.318. The van der Waals surface area contributed by atoms with E-state index in [9.17, 15) is 9.90 Å². The molecule has 1 saturated heterocycles. The van der Waals surface area contributed by atoms with Crippen LogP contribution in [0, 0.1) is 0 Å². The number of nitrogens with zero attached hydrogens (tertiary/aromatic N) is 4. The molecular weight excluding hydrogens is 404 g/mol. The first-order valence-electron chi connectivity index (χ1n) is 9.94. The Hall–Kier alpha value is -2.90. The molecular formula is C22H23ClN4O3. The van der Waals surface area contributed by atoms with Gasteiger partial charge in [0.1, 0.15) is 5.75 Å². The molecule has 0 spiro atoms. The minimum Gasteiger partial charge on any atom is -0.508 e. The molecule has 0 aliphatic carbocycles. The molecule has 0 saturated carbocycles. The van der Waals surface area contributed by atoms with Gasteiger partial charge in [-0.05, 0) is 42.3 Å². The van der Waals surface area contributed by atoms with Gasteiger partial charge in [0.05, 0.1) is 6.54 Å². The van der Waals surface area contributed by atoms with E-state index in [4.69, 9.17) is 16.1 Å². The Labute approximate surface area is 179 Å². The van der Waals surface area contributed by atoms with Crippen molar-refractivity contribution in [3.05, 3.63) is 65.0 Å². The van der Waals surface area contributed by atoms with E-state index in [1.807, 2.05) is 29.2 Å². The summed E-state index contributed by atoms with van der Waals surface area (Å²) in [7, 11) is 0. The number of hydrogen-bond donors (Lipinski definition) is 1. The van der Waals surface area contributed by atoms with Crippen molar-refractivity contribution >= 4 is 17.5 Å². The number of aromatic nitrogens is 2. The third kappa shape index (κ3) is 4.98. The second-order valence-electron chi connectivity index (χ2n) is 7.30. The van der Waals surface area contributed by atoms with Crippen molar-refractivity contribution in [1.82, 2.24) is 19.9 Å². The van der Waals surface area contributed by atoms with Crippen molar-refractivity contribution in [2.24, 2.45) is 0 Å². The van der Waals surface area contributed by atoms with Gasteiger partial charge in [0.2, 0.25) is 17.6 Å². The lowest BCUT2D eigenvalue weighted by molar-refractivity contribution is -0.133. The van der Waals surface area contributed by atoms with Gasteiger partial charge in [0.25, 0.3) is 0 Å². The predicted octanol–water partition coefficient (Wildman–Crippen LogP) is 3.37. The molecule has 0 atom stereocenters. The maximum atomic E-state index is 12.5. The molecule has 1 fully saturated rings. The van der Waals surface area contributed by atoms with E-state index in [2.05, 4.69) is 15.0 Å². The Morgan fingerprint density at radius 3 is 2.53 bits per heavy atom. The van der Waals surface area contributed by atoms with Crippen LogP contribution in [-0.2, 0) is 17.8 Å². The van der Waals surface area contributed by atoms with Crippen LogP contribution in [0.3, 0.4) is 0 Å². The van der Waals surface area contributed by atoms with E-state index in [1.165, 1.54) is 0 Å². The Morgan fingerprint density at radius 1 is 1.07 bits per heavy atom. The Morgan fingerprint density at radius 2 is 1.80 bits per heavy atom. The molecule has 7 nitrogen and oxygen atoms in total. The number of amides is 1. The lowest BCUT2D eigenvalue weighted by Gasteiger charge is -2.34. The molecule has 3 aromatic rings. The van der Waals surface area contributed by atoms with Crippen molar-refractivity contribution in [3.63, 3.8) is 0 Å². The van der Waals surface area contributed by atoms with Crippen molar-refractivity contribution in [1.29, 1.82) is 0 Å². The van der Waals surface area contributed by atoms with Crippen LogP contribution in [0.5, 0.6) is 5.75 Å². The van der Waals surface area contributed by atoms with Crippen LogP contribution >= 0.6 is 11.6 Å². The van der Waals surface area contributed by atoms with Crippen LogP contribution in [0.25, 0.3) is 11.4 Å². The maximum Gasteiger partial charge on any atom is 0.241 e. The number of aryl methyl sites for hydroxylation is 1. The number of aromatic hydroxyl groups is 1. The molecule has 8 heteroatoms. The Kier molecular flexibility index (Phi) is 6.30. The summed E-state index contributed by atoms with van der Waals surface area (Å²) in [5.41, 5.74) is 1.66. The first kappa shape index (κ1) is 20.4. The van der Waals surface area contributed by atoms with Crippen molar-refractivity contribution < 1.29 is 14.4 Å². The number of hydrogen-bond acceptors (Lipinski definition) is 6. The Bertz CT molecular complexity index is 998. The number of carbonyl (C=O) groups is 1. The zero-order valence-corrected chi connectivity index (χ0v) is 17.3. The highest BCUT2D eigenvalue weighted by Crippen LogP contribution is 2.20. The van der Waals surface area contributed by atoms with Gasteiger partial charge >= 0.3 is 0 Å². The lowest BCUT2D eigenvalue weighted by atomic mass is 10.1. The third-order valence-corrected chi connectivity index (χ3v) is 5.51. The topological polar surface area (TPSA) is 82.7 Å². The van der Waals surface area contributed by atoms with Crippen LogP contribution in [0.1, 0.15) is 17.9 Å². The van der Waals surface area contributed by atoms with E-state index in [0.717, 1.165) is 24.2 Å². The highest BCUT2D eigenvalue weighted by Gasteiger charge is 2.22. The normalized spacial score (nSPS) is 14.8. The lowest BCUT2D eigenvalue weighted by Crippen LogP contribution is -2.48. The second-order valence-corrected chi connectivity index (χ2v) is 7.74. The molecule has 0 unspecified atom stereocenters. The first-order valence-corrected chi connectivity index (χ1v) is 10.3. The molecule has 1 aliphatic heterocycles. The van der Waals surface area contributed by atoms with Crippen LogP contribution in [0.4, 0.5) is 0 Å². The number of halogens is 1. The SMILES string of the molecule is O=C(CCc1ccccc1O)N1CCN(Cc2nc(-c3ccc(Cl)cc3)no2)CC1. The number of benzene rings is 2. The van der Waals surface area contributed by atoms with Crippen LogP contribution < -0.4 is 0 Å². The molecule has 1 aliphatic rings. The fourth-order valence-corrected chi connectivity index (χ4v) is 3.63. The molecule has 2 aromatic carbocycles. The molecule has 4 rings (SSSR count). The number of para-hydroxylation sites is 1. The quantitative estimate of drug-likeness (QED) is 0.650. The van der Waals surface area contributed by atoms with Gasteiger partial charge in [-0.2, -0.15) is 4.98 Å². The molecule has 2 heterocycles. The Balaban J connectivity index is 1.25. The fourth-order valence-electron chi connectivity index (χ4n) is 3.50. The molecule has 30 heavy (non-hydrogen) atoms. The second kappa shape index (κ2) is 9.28. The summed E-state index contributed by atoms with van der Waals surface area (Å²) >= 11 is 5.91. The van der Waals surface area contributed by atoms with Gasteiger partial charge in [0.15, 0.2) is 0 Å². The highest BCUT2D eigenvalue weighted by molar-refractivity contribution is 6.30. The van der Waals surface area contributed by atoms with Crippen molar-refractivity contribution in [2.75, 3.05) is 26.2 Å². The molecule has 1 aromatic heterocycles. The van der Waals surface area contributed by atoms with Crippen molar-refractivity contribution in [3.8, 4) is 17.1 Å². The van der Waals surface area contributed by atoms with Gasteiger partial charge in [-0.25, -0.2) is 0 Å². The average molecular weight is 427 g/mol. The molecule has 1 amide bonds. The number of carbonyl (C=O) groups excluding carboxylic acids is 1. The molecule has 156 valence electrons. The molecule has 0 bridgehead atoms. The standard InChI is InChI=1S/C22H23ClN4O3/c23-18-8-5-17(6-9-18)22-24-20(30-25-22)15-26-11-13-27(14-12-26)21(29)10-7-16-3-1-2-4-19(16)28/h1-6,8-9,28H,7,10-15H2.